The van der Waals surface area contributed by atoms with Gasteiger partial charge in [0, 0.05) is 6.42 Å². The zero-order valence-corrected chi connectivity index (χ0v) is 6.94. The number of carbonyl (C=O) groups is 1. The summed E-state index contributed by atoms with van der Waals surface area (Å²) in [4.78, 5) is 10.6. The quantitative estimate of drug-likeness (QED) is 0.668. The molecule has 0 aromatic heterocycles. The van der Waals surface area contributed by atoms with Crippen LogP contribution in [0.5, 0.6) is 0 Å². The second kappa shape index (κ2) is 2.68. The Hall–Kier alpha value is -0.670. The Labute approximate surface area is 69.6 Å². The van der Waals surface area contributed by atoms with E-state index >= 15 is 0 Å². The van der Waals surface area contributed by atoms with Crippen LogP contribution in [-0.2, 0) is 4.79 Å². The number of hydrogen-bond acceptors (Lipinski definition) is 1. The summed E-state index contributed by atoms with van der Waals surface area (Å²) in [5, 5.41) is 8.65. The molecule has 0 heterocycles. The smallest absolute Gasteiger partial charge is 0.315 e. The minimum Gasteiger partial charge on any atom is -0.481 e. The van der Waals surface area contributed by atoms with Gasteiger partial charge in [0.2, 0.25) is 0 Å². The Balaban J connectivity index is 2.91. The summed E-state index contributed by atoms with van der Waals surface area (Å²) in [6, 6.07) is 0. The zero-order chi connectivity index (χ0) is 9.41. The van der Waals surface area contributed by atoms with Gasteiger partial charge < -0.3 is 5.11 Å². The fourth-order valence-corrected chi connectivity index (χ4v) is 1.55. The predicted molar refractivity (Wildman–Crippen MR) is 39.2 cm³/mol. The third-order valence-electron chi connectivity index (χ3n) is 2.70. The summed E-state index contributed by atoms with van der Waals surface area (Å²) in [5.74, 6) is -4.43. The van der Waals surface area contributed by atoms with E-state index in [1.165, 1.54) is 0 Å². The van der Waals surface area contributed by atoms with Gasteiger partial charge in [0.15, 0.2) is 0 Å². The average Bonchev–Trinajstić information content (AvgIpc) is 1.95. The maximum absolute atomic E-state index is 13.1. The minimum atomic E-state index is -3.04. The van der Waals surface area contributed by atoms with E-state index in [1.54, 1.807) is 0 Å². The molecule has 0 amide bonds. The lowest BCUT2D eigenvalue weighted by atomic mass is 9.72. The molecule has 70 valence electrons. The van der Waals surface area contributed by atoms with Gasteiger partial charge in [-0.25, -0.2) is 8.78 Å². The van der Waals surface area contributed by atoms with Crippen molar-refractivity contribution >= 4 is 5.97 Å². The summed E-state index contributed by atoms with van der Waals surface area (Å²) in [7, 11) is 0. The summed E-state index contributed by atoms with van der Waals surface area (Å²) in [6.07, 6.45) is 0.791. The van der Waals surface area contributed by atoms with Gasteiger partial charge >= 0.3 is 5.97 Å². The Bertz CT molecular complexity index is 203. The maximum Gasteiger partial charge on any atom is 0.315 e. The number of hydrogen-bond donors (Lipinski definition) is 1. The molecule has 0 spiro atoms. The molecular formula is C8H12F2O2. The minimum absolute atomic E-state index is 0.0787. The van der Waals surface area contributed by atoms with Crippen LogP contribution in [0.1, 0.15) is 32.6 Å². The number of halogens is 2. The number of carboxylic acids is 1. The van der Waals surface area contributed by atoms with E-state index in [2.05, 4.69) is 0 Å². The molecular weight excluding hydrogens is 166 g/mol. The van der Waals surface area contributed by atoms with Crippen LogP contribution in [0, 0.1) is 5.41 Å². The molecule has 4 heteroatoms. The van der Waals surface area contributed by atoms with Crippen molar-refractivity contribution in [3.8, 4) is 0 Å². The molecule has 1 rings (SSSR count). The van der Waals surface area contributed by atoms with Gasteiger partial charge in [0.05, 0.1) is 0 Å². The second-order valence-electron chi connectivity index (χ2n) is 3.55. The van der Waals surface area contributed by atoms with E-state index in [0.29, 0.717) is 12.8 Å². The number of carboxylic acid groups (broad SMARTS) is 1. The van der Waals surface area contributed by atoms with Crippen molar-refractivity contribution < 1.29 is 18.7 Å². The molecule has 0 saturated heterocycles. The van der Waals surface area contributed by atoms with Crippen molar-refractivity contribution in [2.45, 2.75) is 38.5 Å². The van der Waals surface area contributed by atoms with E-state index in [1.807, 2.05) is 0 Å². The molecule has 1 fully saturated rings. The van der Waals surface area contributed by atoms with Crippen LogP contribution in [0.15, 0.2) is 0 Å². The molecule has 0 aliphatic heterocycles. The first-order valence-electron chi connectivity index (χ1n) is 4.01. The van der Waals surface area contributed by atoms with Gasteiger partial charge in [-0.3, -0.25) is 4.79 Å². The second-order valence-corrected chi connectivity index (χ2v) is 3.55. The van der Waals surface area contributed by atoms with Gasteiger partial charge in [-0.1, -0.05) is 6.42 Å². The first kappa shape index (κ1) is 9.42. The van der Waals surface area contributed by atoms with Gasteiger partial charge in [0.25, 0.3) is 5.92 Å². The molecule has 1 atom stereocenters. The number of alkyl halides is 2. The molecule has 0 unspecified atom stereocenters. The van der Waals surface area contributed by atoms with Crippen LogP contribution in [-0.4, -0.2) is 17.0 Å². The largest absolute Gasteiger partial charge is 0.481 e. The van der Waals surface area contributed by atoms with E-state index in [-0.39, 0.29) is 12.8 Å². The number of aliphatic carboxylic acids is 1. The molecule has 0 aromatic rings. The fourth-order valence-electron chi connectivity index (χ4n) is 1.55. The van der Waals surface area contributed by atoms with Crippen molar-refractivity contribution in [2.75, 3.05) is 0 Å². The lowest BCUT2D eigenvalue weighted by Crippen LogP contribution is -2.47. The SMILES string of the molecule is C[C@]1(C(=O)O)CCCCC1(F)F. The van der Waals surface area contributed by atoms with Crippen molar-refractivity contribution in [3.05, 3.63) is 0 Å². The molecule has 1 saturated carbocycles. The van der Waals surface area contributed by atoms with Gasteiger partial charge in [-0.15, -0.1) is 0 Å². The highest BCUT2D eigenvalue weighted by atomic mass is 19.3. The average molecular weight is 178 g/mol. The zero-order valence-electron chi connectivity index (χ0n) is 6.94. The maximum atomic E-state index is 13.1. The third-order valence-corrected chi connectivity index (χ3v) is 2.70. The van der Waals surface area contributed by atoms with Crippen molar-refractivity contribution in [1.29, 1.82) is 0 Å². The molecule has 2 nitrogen and oxygen atoms in total. The molecule has 0 bridgehead atoms. The van der Waals surface area contributed by atoms with Crippen molar-refractivity contribution in [1.82, 2.24) is 0 Å². The lowest BCUT2D eigenvalue weighted by Gasteiger charge is -2.37. The Morgan fingerprint density at radius 1 is 1.33 bits per heavy atom. The molecule has 1 aliphatic carbocycles. The van der Waals surface area contributed by atoms with Crippen molar-refractivity contribution in [2.24, 2.45) is 5.41 Å². The van der Waals surface area contributed by atoms with E-state index < -0.39 is 17.3 Å². The van der Waals surface area contributed by atoms with Crippen molar-refractivity contribution in [3.63, 3.8) is 0 Å². The highest BCUT2D eigenvalue weighted by Gasteiger charge is 2.56. The van der Waals surface area contributed by atoms with Crippen LogP contribution < -0.4 is 0 Å². The van der Waals surface area contributed by atoms with Crippen LogP contribution in [0.4, 0.5) is 8.78 Å². The highest BCUT2D eigenvalue weighted by Crippen LogP contribution is 2.47. The predicted octanol–water partition coefficient (Wildman–Crippen LogP) is 2.29. The van der Waals surface area contributed by atoms with E-state index in [4.69, 9.17) is 5.11 Å². The summed E-state index contributed by atoms with van der Waals surface area (Å²) >= 11 is 0. The first-order valence-corrected chi connectivity index (χ1v) is 4.01. The van der Waals surface area contributed by atoms with Crippen LogP contribution >= 0.6 is 0 Å². The van der Waals surface area contributed by atoms with Gasteiger partial charge in [-0.2, -0.15) is 0 Å². The Kier molecular flexibility index (Phi) is 2.10. The molecule has 1 aliphatic rings. The van der Waals surface area contributed by atoms with Gasteiger partial charge in [-0.05, 0) is 19.8 Å². The normalized spacial score (nSPS) is 34.6. The standard InChI is InChI=1S/C8H12F2O2/c1-7(6(11)12)4-2-3-5-8(7,9)10/h2-5H2,1H3,(H,11,12)/t7-/m1/s1. The molecule has 12 heavy (non-hydrogen) atoms. The highest BCUT2D eigenvalue weighted by molar-refractivity contribution is 5.75. The monoisotopic (exact) mass is 178 g/mol. The van der Waals surface area contributed by atoms with Gasteiger partial charge in [0.1, 0.15) is 5.41 Å². The Morgan fingerprint density at radius 3 is 2.17 bits per heavy atom. The topological polar surface area (TPSA) is 37.3 Å². The lowest BCUT2D eigenvalue weighted by molar-refractivity contribution is -0.185. The van der Waals surface area contributed by atoms with E-state index in [0.717, 1.165) is 6.92 Å². The van der Waals surface area contributed by atoms with Crippen LogP contribution in [0.2, 0.25) is 0 Å². The van der Waals surface area contributed by atoms with Crippen LogP contribution in [0.25, 0.3) is 0 Å². The summed E-state index contributed by atoms with van der Waals surface area (Å²) in [6.45, 7) is 1.13. The molecule has 0 radical (unpaired) electrons. The molecule has 1 N–H and O–H groups in total. The van der Waals surface area contributed by atoms with E-state index in [9.17, 15) is 13.6 Å². The third kappa shape index (κ3) is 1.19. The first-order chi connectivity index (χ1) is 5.40. The molecule has 0 aromatic carbocycles. The Morgan fingerprint density at radius 2 is 1.83 bits per heavy atom. The van der Waals surface area contributed by atoms with Crippen LogP contribution in [0.3, 0.4) is 0 Å². The summed E-state index contributed by atoms with van der Waals surface area (Å²) in [5.41, 5.74) is -1.84. The number of rotatable bonds is 1. The fraction of sp³-hybridized carbons (Fsp3) is 0.875. The summed E-state index contributed by atoms with van der Waals surface area (Å²) < 4.78 is 26.2.